The normalized spacial score (nSPS) is 23.8. The molecule has 86 heavy (non-hydrogen) atoms. The maximum absolute atomic E-state index is 13.3. The molecule has 0 aromatic heterocycles. The third-order valence-electron chi connectivity index (χ3n) is 16.9. The molecule has 12 unspecified atom stereocenters. The molecule has 2 saturated heterocycles. The molecular formula is C72H129NO13. The Kier molecular flexibility index (Phi) is 52.2. The number of aliphatic hydroxyl groups is 8. The summed E-state index contributed by atoms with van der Waals surface area (Å²) in [4.78, 5) is 13.3. The predicted molar refractivity (Wildman–Crippen MR) is 350 cm³/mol. The summed E-state index contributed by atoms with van der Waals surface area (Å²) in [6.07, 6.45) is 59.7. The molecule has 0 aliphatic carbocycles. The maximum atomic E-state index is 13.3. The first-order valence-corrected chi connectivity index (χ1v) is 35.2. The van der Waals surface area contributed by atoms with Gasteiger partial charge >= 0.3 is 0 Å². The maximum Gasteiger partial charge on any atom is 0.220 e. The van der Waals surface area contributed by atoms with Crippen molar-refractivity contribution in [3.05, 3.63) is 72.9 Å². The Bertz CT molecular complexity index is 1720. The van der Waals surface area contributed by atoms with Crippen LogP contribution in [0.1, 0.15) is 284 Å². The van der Waals surface area contributed by atoms with Crippen LogP contribution in [0.15, 0.2) is 72.9 Å². The molecule has 0 aromatic rings. The average Bonchev–Trinajstić information content (AvgIpc) is 2.46. The van der Waals surface area contributed by atoms with Crippen molar-refractivity contribution in [3.8, 4) is 0 Å². The second-order valence-corrected chi connectivity index (χ2v) is 24.6. The van der Waals surface area contributed by atoms with Gasteiger partial charge in [-0.15, -0.1) is 0 Å². The minimum Gasteiger partial charge on any atom is -0.394 e. The van der Waals surface area contributed by atoms with Crippen molar-refractivity contribution in [2.75, 3.05) is 19.8 Å². The zero-order chi connectivity index (χ0) is 62.3. The molecular weight excluding hydrogens is 1090 g/mol. The van der Waals surface area contributed by atoms with Gasteiger partial charge in [0.05, 0.1) is 32.0 Å². The van der Waals surface area contributed by atoms with E-state index in [0.717, 1.165) is 77.0 Å². The van der Waals surface area contributed by atoms with Gasteiger partial charge in [-0.05, 0) is 70.6 Å². The first-order chi connectivity index (χ1) is 42.1. The van der Waals surface area contributed by atoms with Gasteiger partial charge in [0.2, 0.25) is 5.91 Å². The second-order valence-electron chi connectivity index (χ2n) is 24.6. The number of carbonyl (C=O) groups is 1. The monoisotopic (exact) mass is 1220 g/mol. The van der Waals surface area contributed by atoms with E-state index in [2.05, 4.69) is 79.9 Å². The molecule has 0 radical (unpaired) electrons. The van der Waals surface area contributed by atoms with E-state index in [1.807, 2.05) is 6.08 Å². The number of ether oxygens (including phenoxy) is 4. The van der Waals surface area contributed by atoms with Crippen molar-refractivity contribution >= 4 is 5.91 Å². The van der Waals surface area contributed by atoms with Crippen LogP contribution in [-0.2, 0) is 23.7 Å². The highest BCUT2D eigenvalue weighted by molar-refractivity contribution is 5.76. The highest BCUT2D eigenvalue weighted by atomic mass is 16.7. The third-order valence-corrected chi connectivity index (χ3v) is 16.9. The quantitative estimate of drug-likeness (QED) is 0.0204. The predicted octanol–water partition coefficient (Wildman–Crippen LogP) is 14.2. The molecule has 2 aliphatic rings. The zero-order valence-electron chi connectivity index (χ0n) is 54.3. The molecule has 0 saturated carbocycles. The van der Waals surface area contributed by atoms with Crippen LogP contribution in [0.4, 0.5) is 0 Å². The fourth-order valence-corrected chi connectivity index (χ4v) is 11.3. The first kappa shape index (κ1) is 79.5. The van der Waals surface area contributed by atoms with E-state index in [-0.39, 0.29) is 18.9 Å². The summed E-state index contributed by atoms with van der Waals surface area (Å²) in [6.45, 7) is 2.68. The number of unbranched alkanes of at least 4 members (excludes halogenated alkanes) is 34. The summed E-state index contributed by atoms with van der Waals surface area (Å²) in [6, 6.07) is -0.945. The second kappa shape index (κ2) is 56.4. The van der Waals surface area contributed by atoms with Crippen LogP contribution in [0, 0.1) is 0 Å². The summed E-state index contributed by atoms with van der Waals surface area (Å²) in [5.41, 5.74) is 0. The highest BCUT2D eigenvalue weighted by Crippen LogP contribution is 2.30. The van der Waals surface area contributed by atoms with Gasteiger partial charge < -0.3 is 65.1 Å². The van der Waals surface area contributed by atoms with Gasteiger partial charge in [0, 0.05) is 6.42 Å². The first-order valence-electron chi connectivity index (χ1n) is 35.2. The van der Waals surface area contributed by atoms with Crippen molar-refractivity contribution in [2.24, 2.45) is 0 Å². The SMILES string of the molecule is CC/C=C\C/C=C\C/C=C\C/C=C\CCCCCCCCC(=O)NC(COC1OC(CO)C(OC2OC(CO)C(O)C(O)C2O)C(O)C1O)C(O)/C=C/CC/C=C/CCCCCCCCCCCCCCCCCCCCCCCCCCCCC. The van der Waals surface area contributed by atoms with Crippen molar-refractivity contribution < 1.29 is 64.6 Å². The lowest BCUT2D eigenvalue weighted by molar-refractivity contribution is -0.359. The summed E-state index contributed by atoms with van der Waals surface area (Å²) in [7, 11) is 0. The number of rotatable bonds is 57. The summed E-state index contributed by atoms with van der Waals surface area (Å²) in [5, 5.41) is 87.3. The molecule has 14 heteroatoms. The van der Waals surface area contributed by atoms with Crippen LogP contribution >= 0.6 is 0 Å². The summed E-state index contributed by atoms with van der Waals surface area (Å²) < 4.78 is 22.8. The van der Waals surface area contributed by atoms with Crippen molar-refractivity contribution in [1.29, 1.82) is 0 Å². The largest absolute Gasteiger partial charge is 0.394 e. The minimum atomic E-state index is -1.80. The third kappa shape index (κ3) is 40.2. The van der Waals surface area contributed by atoms with Gasteiger partial charge in [-0.1, -0.05) is 279 Å². The lowest BCUT2D eigenvalue weighted by Gasteiger charge is -2.46. The van der Waals surface area contributed by atoms with Gasteiger partial charge in [-0.3, -0.25) is 4.79 Å². The fraction of sp³-hybridized carbons (Fsp3) is 0.819. The lowest BCUT2D eigenvalue weighted by Crippen LogP contribution is -2.65. The van der Waals surface area contributed by atoms with Crippen LogP contribution in [0.5, 0.6) is 0 Å². The van der Waals surface area contributed by atoms with Crippen molar-refractivity contribution in [1.82, 2.24) is 5.32 Å². The van der Waals surface area contributed by atoms with E-state index < -0.39 is 86.8 Å². The number of allylic oxidation sites excluding steroid dienone is 11. The topological polar surface area (TPSA) is 228 Å². The molecule has 12 atom stereocenters. The van der Waals surface area contributed by atoms with Crippen LogP contribution in [-0.4, -0.2) is 140 Å². The average molecular weight is 1220 g/mol. The number of hydrogen-bond donors (Lipinski definition) is 9. The van der Waals surface area contributed by atoms with Crippen molar-refractivity contribution in [3.63, 3.8) is 0 Å². The molecule has 0 bridgehead atoms. The molecule has 500 valence electrons. The lowest BCUT2D eigenvalue weighted by atomic mass is 9.97. The van der Waals surface area contributed by atoms with Gasteiger partial charge in [-0.25, -0.2) is 0 Å². The van der Waals surface area contributed by atoms with E-state index in [1.165, 1.54) is 173 Å². The Hall–Kier alpha value is -2.57. The number of hydrogen-bond acceptors (Lipinski definition) is 13. The smallest absolute Gasteiger partial charge is 0.220 e. The summed E-state index contributed by atoms with van der Waals surface area (Å²) >= 11 is 0. The van der Waals surface area contributed by atoms with E-state index in [9.17, 15) is 45.6 Å². The van der Waals surface area contributed by atoms with Crippen LogP contribution in [0.25, 0.3) is 0 Å². The fourth-order valence-electron chi connectivity index (χ4n) is 11.3. The molecule has 2 aliphatic heterocycles. The van der Waals surface area contributed by atoms with Gasteiger partial charge in [0.15, 0.2) is 12.6 Å². The zero-order valence-corrected chi connectivity index (χ0v) is 54.3. The van der Waals surface area contributed by atoms with Crippen LogP contribution in [0.3, 0.4) is 0 Å². The Balaban J connectivity index is 1.68. The van der Waals surface area contributed by atoms with E-state index in [0.29, 0.717) is 12.8 Å². The standard InChI is InChI=1S/C72H129NO13/c1-3-5-7-9-11-13-15-17-19-21-23-24-25-26-27-28-29-30-31-32-33-34-35-36-38-39-41-43-45-47-49-51-53-55-61(76)60(73-64(77)56-54-52-50-48-46-44-42-40-37-22-20-18-16-14-12-10-8-6-4-2)59-83-71-69(82)67(80)70(63(58-75)85-71)86-72-68(81)66(79)65(78)62(57-74)84-72/h6,8,12,14,18,20,37,40,45,47,53,55,60-63,65-72,74-76,78-82H,3-5,7,9-11,13,15-17,19,21-36,38-39,41-44,46,48-52,54,56-59H2,1-2H3,(H,73,77)/b8-6-,14-12-,20-18-,40-37-,47-45+,55-53+. The molecule has 0 spiro atoms. The number of aliphatic hydroxyl groups excluding tert-OH is 8. The molecule has 0 aromatic carbocycles. The number of nitrogens with one attached hydrogen (secondary N) is 1. The summed E-state index contributed by atoms with van der Waals surface area (Å²) in [5.74, 6) is -0.263. The van der Waals surface area contributed by atoms with Gasteiger partial charge in [0.25, 0.3) is 0 Å². The Morgan fingerprint density at radius 1 is 0.430 bits per heavy atom. The molecule has 2 rings (SSSR count). The van der Waals surface area contributed by atoms with Gasteiger partial charge in [0.1, 0.15) is 48.8 Å². The van der Waals surface area contributed by atoms with Crippen LogP contribution in [0.2, 0.25) is 0 Å². The molecule has 2 fully saturated rings. The van der Waals surface area contributed by atoms with Crippen molar-refractivity contribution in [2.45, 2.75) is 357 Å². The van der Waals surface area contributed by atoms with Gasteiger partial charge in [-0.2, -0.15) is 0 Å². The molecule has 2 heterocycles. The van der Waals surface area contributed by atoms with E-state index in [1.54, 1.807) is 6.08 Å². The van der Waals surface area contributed by atoms with Crippen LogP contribution < -0.4 is 5.32 Å². The highest BCUT2D eigenvalue weighted by Gasteiger charge is 2.51. The molecule has 14 nitrogen and oxygen atoms in total. The Morgan fingerprint density at radius 2 is 0.814 bits per heavy atom. The van der Waals surface area contributed by atoms with E-state index in [4.69, 9.17) is 18.9 Å². The minimum absolute atomic E-state index is 0.254. The molecule has 1 amide bonds. The Labute approximate surface area is 523 Å². The van der Waals surface area contributed by atoms with E-state index >= 15 is 0 Å². The Morgan fingerprint density at radius 3 is 1.28 bits per heavy atom. The number of amides is 1. The molecule has 9 N–H and O–H groups in total. The number of carbonyl (C=O) groups excluding carboxylic acids is 1.